The van der Waals surface area contributed by atoms with Gasteiger partial charge in [0.05, 0.1) is 19.7 Å². The SMILES string of the molecule is COC(=O)[C@H]1S[C@@H](C(=O)O)N(C(=O)CN)[C@H]1c1ccccc1F. The van der Waals surface area contributed by atoms with Gasteiger partial charge in [-0.1, -0.05) is 18.2 Å². The Kier molecular flexibility index (Phi) is 5.22. The molecule has 7 nitrogen and oxygen atoms in total. The van der Waals surface area contributed by atoms with Gasteiger partial charge in [-0.05, 0) is 6.07 Å². The first kappa shape index (κ1) is 17.2. The Bertz CT molecular complexity index is 641. The molecular weight excluding hydrogens is 327 g/mol. The number of thioether (sulfide) groups is 1. The van der Waals surface area contributed by atoms with E-state index < -0.39 is 46.9 Å². The van der Waals surface area contributed by atoms with Crippen LogP contribution in [0.2, 0.25) is 0 Å². The zero-order chi connectivity index (χ0) is 17.1. The smallest absolute Gasteiger partial charge is 0.337 e. The molecule has 1 fully saturated rings. The summed E-state index contributed by atoms with van der Waals surface area (Å²) in [6, 6.07) is 4.46. The molecular formula is C14H15FN2O5S. The van der Waals surface area contributed by atoms with Crippen molar-refractivity contribution in [1.82, 2.24) is 4.90 Å². The van der Waals surface area contributed by atoms with Gasteiger partial charge in [0.2, 0.25) is 5.91 Å². The highest BCUT2D eigenvalue weighted by molar-refractivity contribution is 8.02. The summed E-state index contributed by atoms with van der Waals surface area (Å²) < 4.78 is 18.8. The van der Waals surface area contributed by atoms with E-state index in [4.69, 9.17) is 5.73 Å². The second-order valence-electron chi connectivity index (χ2n) is 4.74. The summed E-state index contributed by atoms with van der Waals surface area (Å²) in [7, 11) is 1.14. The molecule has 23 heavy (non-hydrogen) atoms. The van der Waals surface area contributed by atoms with Crippen LogP contribution in [0.15, 0.2) is 24.3 Å². The number of carbonyl (C=O) groups excluding carboxylic acids is 2. The summed E-state index contributed by atoms with van der Waals surface area (Å²) >= 11 is 0.724. The first-order valence-corrected chi connectivity index (χ1v) is 7.58. The number of hydrogen-bond donors (Lipinski definition) is 2. The molecule has 124 valence electrons. The number of nitrogens with two attached hydrogens (primary N) is 1. The number of rotatable bonds is 4. The molecule has 0 spiro atoms. The van der Waals surface area contributed by atoms with Crippen LogP contribution in [0.5, 0.6) is 0 Å². The largest absolute Gasteiger partial charge is 0.479 e. The molecule has 1 amide bonds. The van der Waals surface area contributed by atoms with Crippen molar-refractivity contribution in [3.05, 3.63) is 35.6 Å². The van der Waals surface area contributed by atoms with Crippen molar-refractivity contribution in [2.24, 2.45) is 5.73 Å². The summed E-state index contributed by atoms with van der Waals surface area (Å²) in [5.74, 6) is -3.39. The Labute approximate surface area is 135 Å². The standard InChI is InChI=1S/C14H15FN2O5S/c1-22-14(21)11-10(7-4-2-3-5-8(7)15)17(9(18)6-16)12(23-11)13(19)20/h2-5,10-12H,6,16H2,1H3,(H,19,20)/t10-,11-,12-/m0/s1. The Morgan fingerprint density at radius 3 is 2.57 bits per heavy atom. The van der Waals surface area contributed by atoms with E-state index in [1.165, 1.54) is 24.3 Å². The monoisotopic (exact) mass is 342 g/mol. The van der Waals surface area contributed by atoms with Gasteiger partial charge in [0.25, 0.3) is 0 Å². The van der Waals surface area contributed by atoms with E-state index in [1.807, 2.05) is 0 Å². The van der Waals surface area contributed by atoms with Crippen molar-refractivity contribution in [1.29, 1.82) is 0 Å². The number of hydrogen-bond acceptors (Lipinski definition) is 6. The molecule has 1 aromatic rings. The van der Waals surface area contributed by atoms with E-state index >= 15 is 0 Å². The second-order valence-corrected chi connectivity index (χ2v) is 5.97. The van der Waals surface area contributed by atoms with Crippen molar-refractivity contribution < 1.29 is 28.6 Å². The Morgan fingerprint density at radius 1 is 1.39 bits per heavy atom. The van der Waals surface area contributed by atoms with E-state index in [2.05, 4.69) is 4.74 Å². The minimum atomic E-state index is -1.35. The first-order chi connectivity index (χ1) is 10.9. The molecule has 1 heterocycles. The molecule has 9 heteroatoms. The zero-order valence-corrected chi connectivity index (χ0v) is 13.0. The summed E-state index contributed by atoms with van der Waals surface area (Å²) in [6.45, 7) is -0.455. The van der Waals surface area contributed by atoms with Gasteiger partial charge in [-0.15, -0.1) is 11.8 Å². The molecule has 3 N–H and O–H groups in total. The average molecular weight is 342 g/mol. The maximum atomic E-state index is 14.2. The van der Waals surface area contributed by atoms with Crippen molar-refractivity contribution >= 4 is 29.6 Å². The normalized spacial score (nSPS) is 23.6. The first-order valence-electron chi connectivity index (χ1n) is 6.64. The topological polar surface area (TPSA) is 110 Å². The van der Waals surface area contributed by atoms with Crippen LogP contribution in [0.25, 0.3) is 0 Å². The van der Waals surface area contributed by atoms with Gasteiger partial charge >= 0.3 is 11.9 Å². The highest BCUT2D eigenvalue weighted by Crippen LogP contribution is 2.45. The number of esters is 1. The number of carboxylic acid groups (broad SMARTS) is 1. The third kappa shape index (κ3) is 3.15. The Balaban J connectivity index is 2.57. The zero-order valence-electron chi connectivity index (χ0n) is 12.1. The molecule has 0 radical (unpaired) electrons. The van der Waals surface area contributed by atoms with Crippen LogP contribution < -0.4 is 5.73 Å². The van der Waals surface area contributed by atoms with Crippen molar-refractivity contribution in [3.63, 3.8) is 0 Å². The van der Waals surface area contributed by atoms with Gasteiger partial charge < -0.3 is 20.5 Å². The van der Waals surface area contributed by atoms with E-state index in [9.17, 15) is 23.9 Å². The number of amides is 1. The number of methoxy groups -OCH3 is 1. The highest BCUT2D eigenvalue weighted by Gasteiger charge is 2.52. The Hall–Kier alpha value is -2.13. The van der Waals surface area contributed by atoms with Crippen LogP contribution in [-0.2, 0) is 19.1 Å². The molecule has 1 aliphatic rings. The fourth-order valence-corrected chi connectivity index (χ4v) is 3.88. The van der Waals surface area contributed by atoms with E-state index in [1.54, 1.807) is 0 Å². The lowest BCUT2D eigenvalue weighted by atomic mass is 10.0. The van der Waals surface area contributed by atoms with Crippen molar-refractivity contribution in [3.8, 4) is 0 Å². The fourth-order valence-electron chi connectivity index (χ4n) is 2.47. The van der Waals surface area contributed by atoms with Gasteiger partial charge in [-0.25, -0.2) is 9.18 Å². The predicted molar refractivity (Wildman–Crippen MR) is 79.9 cm³/mol. The lowest BCUT2D eigenvalue weighted by Gasteiger charge is -2.28. The molecule has 0 bridgehead atoms. The number of aliphatic carboxylic acids is 1. The number of carbonyl (C=O) groups is 3. The van der Waals surface area contributed by atoms with Crippen LogP contribution in [0, 0.1) is 5.82 Å². The number of nitrogens with zero attached hydrogens (tertiary/aromatic N) is 1. The molecule has 0 unspecified atom stereocenters. The van der Waals surface area contributed by atoms with Gasteiger partial charge in [-0.2, -0.15) is 0 Å². The van der Waals surface area contributed by atoms with Gasteiger partial charge in [0.1, 0.15) is 11.1 Å². The van der Waals surface area contributed by atoms with E-state index in [-0.39, 0.29) is 5.56 Å². The minimum absolute atomic E-state index is 0.0425. The van der Waals surface area contributed by atoms with Crippen LogP contribution in [0.1, 0.15) is 11.6 Å². The average Bonchev–Trinajstić information content (AvgIpc) is 2.94. The summed E-state index contributed by atoms with van der Waals surface area (Å²) in [5, 5.41) is 6.92. The van der Waals surface area contributed by atoms with Crippen molar-refractivity contribution in [2.45, 2.75) is 16.7 Å². The predicted octanol–water partition coefficient (Wildman–Crippen LogP) is 0.353. The molecule has 2 rings (SSSR count). The summed E-state index contributed by atoms with van der Waals surface area (Å²) in [6.07, 6.45) is 0. The molecule has 1 aromatic carbocycles. The molecule has 0 aromatic heterocycles. The minimum Gasteiger partial charge on any atom is -0.479 e. The second kappa shape index (κ2) is 6.97. The summed E-state index contributed by atoms with van der Waals surface area (Å²) in [5.41, 5.74) is 5.39. The molecule has 3 atom stereocenters. The van der Waals surface area contributed by atoms with Crippen LogP contribution in [0.4, 0.5) is 4.39 Å². The van der Waals surface area contributed by atoms with Gasteiger partial charge in [-0.3, -0.25) is 9.59 Å². The quantitative estimate of drug-likeness (QED) is 0.760. The number of ether oxygens (including phenoxy) is 1. The number of benzene rings is 1. The van der Waals surface area contributed by atoms with Gasteiger partial charge in [0, 0.05) is 5.56 Å². The number of halogens is 1. The third-order valence-corrected chi connectivity index (χ3v) is 4.88. The third-order valence-electron chi connectivity index (χ3n) is 3.45. The Morgan fingerprint density at radius 2 is 2.04 bits per heavy atom. The molecule has 1 aliphatic heterocycles. The summed E-state index contributed by atoms with van der Waals surface area (Å²) in [4.78, 5) is 36.5. The van der Waals surface area contributed by atoms with E-state index in [0.29, 0.717) is 0 Å². The van der Waals surface area contributed by atoms with Gasteiger partial charge in [0.15, 0.2) is 5.37 Å². The molecule has 0 saturated carbocycles. The lowest BCUT2D eigenvalue weighted by Crippen LogP contribution is -2.45. The maximum absolute atomic E-state index is 14.2. The van der Waals surface area contributed by atoms with E-state index in [0.717, 1.165) is 23.8 Å². The lowest BCUT2D eigenvalue weighted by molar-refractivity contribution is -0.148. The van der Waals surface area contributed by atoms with Crippen LogP contribution in [-0.4, -0.2) is 52.1 Å². The highest BCUT2D eigenvalue weighted by atomic mass is 32.2. The maximum Gasteiger partial charge on any atom is 0.337 e. The van der Waals surface area contributed by atoms with Crippen LogP contribution in [0.3, 0.4) is 0 Å². The number of carboxylic acids is 1. The molecule has 1 saturated heterocycles. The van der Waals surface area contributed by atoms with Crippen LogP contribution >= 0.6 is 11.8 Å². The van der Waals surface area contributed by atoms with Crippen molar-refractivity contribution in [2.75, 3.05) is 13.7 Å². The fraction of sp³-hybridized carbons (Fsp3) is 0.357. The molecule has 0 aliphatic carbocycles.